The number of benzene rings is 2. The van der Waals surface area contributed by atoms with Crippen LogP contribution in [-0.4, -0.2) is 16.2 Å². The Hall–Kier alpha value is -2.62. The van der Waals surface area contributed by atoms with Crippen molar-refractivity contribution in [3.8, 4) is 11.1 Å². The molecule has 0 amide bonds. The predicted molar refractivity (Wildman–Crippen MR) is 75.9 cm³/mol. The van der Waals surface area contributed by atoms with Crippen molar-refractivity contribution in [1.82, 2.24) is 5.16 Å². The van der Waals surface area contributed by atoms with Crippen molar-refractivity contribution in [2.75, 3.05) is 0 Å². The lowest BCUT2D eigenvalue weighted by Crippen LogP contribution is -1.98. The summed E-state index contributed by atoms with van der Waals surface area (Å²) in [6.07, 6.45) is 0. The number of carboxylic acids is 1. The van der Waals surface area contributed by atoms with E-state index in [1.807, 2.05) is 37.3 Å². The first-order chi connectivity index (χ1) is 9.56. The van der Waals surface area contributed by atoms with Crippen molar-refractivity contribution < 1.29 is 14.4 Å². The number of aromatic nitrogens is 1. The minimum Gasteiger partial charge on any atom is -0.478 e. The van der Waals surface area contributed by atoms with E-state index in [-0.39, 0.29) is 5.56 Å². The molecule has 3 rings (SSSR count). The minimum absolute atomic E-state index is 0.219. The number of fused-ring (bicyclic) bond motifs is 1. The highest BCUT2D eigenvalue weighted by atomic mass is 16.5. The van der Waals surface area contributed by atoms with E-state index < -0.39 is 5.97 Å². The van der Waals surface area contributed by atoms with Gasteiger partial charge in [-0.25, -0.2) is 4.79 Å². The van der Waals surface area contributed by atoms with E-state index in [0.29, 0.717) is 16.7 Å². The second kappa shape index (κ2) is 4.49. The molecule has 3 aromatic rings. The molecule has 0 radical (unpaired) electrons. The Morgan fingerprint density at radius 1 is 1.10 bits per heavy atom. The summed E-state index contributed by atoms with van der Waals surface area (Å²) < 4.78 is 5.21. The van der Waals surface area contributed by atoms with Crippen molar-refractivity contribution in [2.45, 2.75) is 13.8 Å². The monoisotopic (exact) mass is 267 g/mol. The highest BCUT2D eigenvalue weighted by molar-refractivity contribution is 6.05. The highest BCUT2D eigenvalue weighted by Gasteiger charge is 2.17. The molecule has 0 bridgehead atoms. The van der Waals surface area contributed by atoms with Crippen LogP contribution in [0.1, 0.15) is 21.6 Å². The minimum atomic E-state index is -0.977. The number of rotatable bonds is 2. The Bertz CT molecular complexity index is 800. The lowest BCUT2D eigenvalue weighted by Gasteiger charge is -2.05. The van der Waals surface area contributed by atoms with Crippen LogP contribution in [0.2, 0.25) is 0 Å². The molecule has 0 fully saturated rings. The third-order valence-electron chi connectivity index (χ3n) is 3.36. The van der Waals surface area contributed by atoms with E-state index in [4.69, 9.17) is 4.52 Å². The summed E-state index contributed by atoms with van der Waals surface area (Å²) in [5, 5.41) is 13.8. The quantitative estimate of drug-likeness (QED) is 0.766. The Balaban J connectivity index is 2.27. The van der Waals surface area contributed by atoms with Crippen LogP contribution in [0.15, 0.2) is 40.9 Å². The lowest BCUT2D eigenvalue weighted by atomic mass is 9.99. The maximum atomic E-state index is 11.4. The topological polar surface area (TPSA) is 63.3 Å². The summed E-state index contributed by atoms with van der Waals surface area (Å²) in [6, 6.07) is 11.4. The van der Waals surface area contributed by atoms with Crippen LogP contribution < -0.4 is 0 Å². The molecule has 0 aliphatic heterocycles. The van der Waals surface area contributed by atoms with Crippen LogP contribution in [0.3, 0.4) is 0 Å². The SMILES string of the molecule is Cc1ccc(-c2cc(C(=O)O)c3c(C)noc3c2)cc1. The van der Waals surface area contributed by atoms with Gasteiger partial charge in [0.2, 0.25) is 0 Å². The second-order valence-electron chi connectivity index (χ2n) is 4.84. The van der Waals surface area contributed by atoms with Crippen LogP contribution >= 0.6 is 0 Å². The average molecular weight is 267 g/mol. The summed E-state index contributed by atoms with van der Waals surface area (Å²) in [7, 11) is 0. The molecular weight excluding hydrogens is 254 g/mol. The largest absolute Gasteiger partial charge is 0.478 e. The van der Waals surface area contributed by atoms with Crippen LogP contribution in [-0.2, 0) is 0 Å². The number of aryl methyl sites for hydroxylation is 2. The Morgan fingerprint density at radius 2 is 1.80 bits per heavy atom. The zero-order valence-electron chi connectivity index (χ0n) is 11.2. The van der Waals surface area contributed by atoms with Crippen molar-refractivity contribution in [1.29, 1.82) is 0 Å². The fraction of sp³-hybridized carbons (Fsp3) is 0.125. The third-order valence-corrected chi connectivity index (χ3v) is 3.36. The Kier molecular flexibility index (Phi) is 2.79. The number of hydrogen-bond donors (Lipinski definition) is 1. The standard InChI is InChI=1S/C16H13NO3/c1-9-3-5-11(6-4-9)12-7-13(16(18)19)15-10(2)17-20-14(15)8-12/h3-8H,1-2H3,(H,18,19). The van der Waals surface area contributed by atoms with Gasteiger partial charge in [-0.2, -0.15) is 0 Å². The molecule has 0 atom stereocenters. The van der Waals surface area contributed by atoms with E-state index in [0.717, 1.165) is 16.7 Å². The van der Waals surface area contributed by atoms with Gasteiger partial charge in [0, 0.05) is 0 Å². The number of aromatic carboxylic acids is 1. The van der Waals surface area contributed by atoms with Crippen molar-refractivity contribution in [3.63, 3.8) is 0 Å². The highest BCUT2D eigenvalue weighted by Crippen LogP contribution is 2.30. The Labute approximate surface area is 115 Å². The molecule has 100 valence electrons. The van der Waals surface area contributed by atoms with Gasteiger partial charge < -0.3 is 9.63 Å². The maximum Gasteiger partial charge on any atom is 0.336 e. The fourth-order valence-corrected chi connectivity index (χ4v) is 2.31. The van der Waals surface area contributed by atoms with E-state index in [1.165, 1.54) is 0 Å². The van der Waals surface area contributed by atoms with Gasteiger partial charge in [-0.05, 0) is 37.1 Å². The molecule has 20 heavy (non-hydrogen) atoms. The number of carbonyl (C=O) groups is 1. The summed E-state index contributed by atoms with van der Waals surface area (Å²) in [5.74, 6) is -0.977. The van der Waals surface area contributed by atoms with Crippen molar-refractivity contribution in [3.05, 3.63) is 53.2 Å². The van der Waals surface area contributed by atoms with Gasteiger partial charge in [-0.15, -0.1) is 0 Å². The van der Waals surface area contributed by atoms with Gasteiger partial charge in [-0.3, -0.25) is 0 Å². The number of carboxylic acid groups (broad SMARTS) is 1. The number of nitrogens with zero attached hydrogens (tertiary/aromatic N) is 1. The number of hydrogen-bond acceptors (Lipinski definition) is 3. The predicted octanol–water partition coefficient (Wildman–Crippen LogP) is 3.81. The van der Waals surface area contributed by atoms with E-state index in [9.17, 15) is 9.90 Å². The fourth-order valence-electron chi connectivity index (χ4n) is 2.31. The van der Waals surface area contributed by atoms with Crippen molar-refractivity contribution in [2.24, 2.45) is 0 Å². The van der Waals surface area contributed by atoms with Gasteiger partial charge in [0.15, 0.2) is 5.58 Å². The Morgan fingerprint density at radius 3 is 2.45 bits per heavy atom. The van der Waals surface area contributed by atoms with Crippen LogP contribution in [0.4, 0.5) is 0 Å². The molecule has 4 heteroatoms. The van der Waals surface area contributed by atoms with E-state index in [2.05, 4.69) is 5.16 Å². The van der Waals surface area contributed by atoms with Gasteiger partial charge in [0.25, 0.3) is 0 Å². The van der Waals surface area contributed by atoms with Gasteiger partial charge >= 0.3 is 5.97 Å². The summed E-state index contributed by atoms with van der Waals surface area (Å²) in [6.45, 7) is 3.75. The van der Waals surface area contributed by atoms with E-state index in [1.54, 1.807) is 13.0 Å². The molecule has 1 N–H and O–H groups in total. The lowest BCUT2D eigenvalue weighted by molar-refractivity contribution is 0.0699. The van der Waals surface area contributed by atoms with E-state index >= 15 is 0 Å². The average Bonchev–Trinajstić information content (AvgIpc) is 2.80. The second-order valence-corrected chi connectivity index (χ2v) is 4.84. The molecule has 0 spiro atoms. The first-order valence-corrected chi connectivity index (χ1v) is 6.26. The molecule has 0 unspecified atom stereocenters. The molecule has 1 heterocycles. The molecule has 0 saturated heterocycles. The normalized spacial score (nSPS) is 10.9. The molecule has 1 aromatic heterocycles. The maximum absolute atomic E-state index is 11.4. The summed E-state index contributed by atoms with van der Waals surface area (Å²) in [5.41, 5.74) is 4.23. The zero-order chi connectivity index (χ0) is 14.3. The van der Waals surface area contributed by atoms with Crippen LogP contribution in [0.5, 0.6) is 0 Å². The summed E-state index contributed by atoms with van der Waals surface area (Å²) >= 11 is 0. The molecule has 2 aromatic carbocycles. The molecule has 0 aliphatic rings. The smallest absolute Gasteiger partial charge is 0.336 e. The zero-order valence-corrected chi connectivity index (χ0v) is 11.2. The first-order valence-electron chi connectivity index (χ1n) is 6.26. The first kappa shape index (κ1) is 12.4. The van der Waals surface area contributed by atoms with Crippen molar-refractivity contribution >= 4 is 16.9 Å². The van der Waals surface area contributed by atoms with Crippen LogP contribution in [0.25, 0.3) is 22.1 Å². The van der Waals surface area contributed by atoms with Gasteiger partial charge in [0.05, 0.1) is 16.6 Å². The van der Waals surface area contributed by atoms with Gasteiger partial charge in [0.1, 0.15) is 0 Å². The summed E-state index contributed by atoms with van der Waals surface area (Å²) in [4.78, 5) is 11.4. The molecule has 0 aliphatic carbocycles. The molecule has 4 nitrogen and oxygen atoms in total. The third kappa shape index (κ3) is 1.95. The molecule has 0 saturated carbocycles. The molecular formula is C16H13NO3. The van der Waals surface area contributed by atoms with Crippen LogP contribution in [0, 0.1) is 13.8 Å². The van der Waals surface area contributed by atoms with Gasteiger partial charge in [-0.1, -0.05) is 35.0 Å².